The highest BCUT2D eigenvalue weighted by atomic mass is 35.5. The van der Waals surface area contributed by atoms with Crippen molar-refractivity contribution in [2.45, 2.75) is 152 Å². The maximum atomic E-state index is 14.3. The number of hydrogen-bond donors (Lipinski definition) is 8. The number of aromatic nitrogens is 2. The molecule has 0 amide bonds. The molecule has 5 saturated heterocycles. The smallest absolute Gasteiger partial charge is 0.178 e. The summed E-state index contributed by atoms with van der Waals surface area (Å²) in [5.41, 5.74) is 0. The molecule has 4 saturated carbocycles. The van der Waals surface area contributed by atoms with Gasteiger partial charge in [0, 0.05) is 11.8 Å². The molecule has 9 fully saturated rings. The van der Waals surface area contributed by atoms with Gasteiger partial charge in [0.25, 0.3) is 0 Å². The zero-order chi connectivity index (χ0) is 31.9. The molecule has 1 aromatic rings. The van der Waals surface area contributed by atoms with E-state index < -0.39 is 5.82 Å². The molecule has 0 aromatic carbocycles. The Labute approximate surface area is 289 Å². The number of nitrogens with zero attached hydrogens (tertiary/aromatic N) is 2. The van der Waals surface area contributed by atoms with Crippen LogP contribution in [0.1, 0.15) is 108 Å². The molecule has 12 heteroatoms. The highest BCUT2D eigenvalue weighted by Crippen LogP contribution is 2.49. The molecular weight excluding hydrogens is 627 g/mol. The molecule has 1 aromatic heterocycles. The summed E-state index contributed by atoms with van der Waals surface area (Å²) in [5, 5.41) is 33.5. The van der Waals surface area contributed by atoms with Crippen molar-refractivity contribution < 1.29 is 4.39 Å². The van der Waals surface area contributed by atoms with Gasteiger partial charge in [-0.25, -0.2) is 14.4 Å². The highest BCUT2D eigenvalue weighted by molar-refractivity contribution is 6.29. The maximum absolute atomic E-state index is 14.3. The SMILES string of the molecule is Fc1cnc(C2CCCC3C4NC5NC(NC6NC(NC7NC(NC(N4)C23)C2CCCCC72)C2CCCCC62)C2CCCCC52)nc1Cl. The normalized spacial score (nSPS) is 51.5. The third kappa shape index (κ3) is 5.40. The molecule has 0 radical (unpaired) electrons. The zero-order valence-corrected chi connectivity index (χ0v) is 28.9. The lowest BCUT2D eigenvalue weighted by Crippen LogP contribution is -2.61. The first-order chi connectivity index (χ1) is 23.6. The molecule has 5 aliphatic heterocycles. The number of rotatable bonds is 1. The van der Waals surface area contributed by atoms with Gasteiger partial charge in [0.15, 0.2) is 11.0 Å². The number of hydrogen-bond acceptors (Lipinski definition) is 10. The largest absolute Gasteiger partial charge is 0.286 e. The van der Waals surface area contributed by atoms with Gasteiger partial charge in [-0.05, 0) is 92.8 Å². The maximum Gasteiger partial charge on any atom is 0.178 e. The second kappa shape index (κ2) is 12.9. The van der Waals surface area contributed by atoms with Gasteiger partial charge >= 0.3 is 0 Å². The van der Waals surface area contributed by atoms with Crippen LogP contribution in [0, 0.1) is 53.2 Å². The minimum absolute atomic E-state index is 0.0608. The van der Waals surface area contributed by atoms with Crippen LogP contribution in [0.25, 0.3) is 0 Å². The van der Waals surface area contributed by atoms with E-state index in [4.69, 9.17) is 11.6 Å². The molecule has 264 valence electrons. The van der Waals surface area contributed by atoms with E-state index in [1.807, 2.05) is 0 Å². The Morgan fingerprint density at radius 1 is 0.479 bits per heavy atom. The van der Waals surface area contributed by atoms with Gasteiger partial charge in [0.05, 0.1) is 55.5 Å². The Hall–Kier alpha value is -1.02. The van der Waals surface area contributed by atoms with Crippen molar-refractivity contribution in [1.82, 2.24) is 52.5 Å². The molecule has 8 N–H and O–H groups in total. The Balaban J connectivity index is 1.01. The zero-order valence-electron chi connectivity index (χ0n) is 28.1. The van der Waals surface area contributed by atoms with Gasteiger partial charge in [-0.15, -0.1) is 0 Å². The summed E-state index contributed by atoms with van der Waals surface area (Å²) in [4.78, 5) is 9.10. The molecule has 0 spiro atoms. The number of fused-ring (bicyclic) bond motifs is 20. The number of nitrogens with one attached hydrogen (secondary N) is 8. The van der Waals surface area contributed by atoms with E-state index in [1.165, 1.54) is 83.2 Å². The first kappa shape index (κ1) is 31.7. The van der Waals surface area contributed by atoms with Crippen molar-refractivity contribution in [3.05, 3.63) is 23.0 Å². The summed E-state index contributed by atoms with van der Waals surface area (Å²) in [6.07, 6.45) is 22.3. The van der Waals surface area contributed by atoms with Gasteiger partial charge in [-0.2, -0.15) is 0 Å². The summed E-state index contributed by atoms with van der Waals surface area (Å²) in [6.45, 7) is 0. The summed E-state index contributed by atoms with van der Waals surface area (Å²) >= 11 is 6.27. The highest BCUT2D eigenvalue weighted by Gasteiger charge is 2.56. The van der Waals surface area contributed by atoms with Gasteiger partial charge in [0.2, 0.25) is 0 Å². The molecule has 10 rings (SSSR count). The van der Waals surface area contributed by atoms with Crippen molar-refractivity contribution in [3.63, 3.8) is 0 Å². The minimum atomic E-state index is -0.541. The van der Waals surface area contributed by atoms with E-state index in [0.29, 0.717) is 71.9 Å². The van der Waals surface area contributed by atoms with Crippen LogP contribution in [0.4, 0.5) is 4.39 Å². The third-order valence-corrected chi connectivity index (χ3v) is 15.2. The van der Waals surface area contributed by atoms with Crippen molar-refractivity contribution in [2.24, 2.45) is 47.3 Å². The molecule has 17 atom stereocenters. The Kier molecular flexibility index (Phi) is 8.51. The van der Waals surface area contributed by atoms with Crippen molar-refractivity contribution >= 4 is 11.6 Å². The van der Waals surface area contributed by atoms with Crippen LogP contribution in [0.2, 0.25) is 5.15 Å². The van der Waals surface area contributed by atoms with Crippen LogP contribution in [-0.2, 0) is 0 Å². The average Bonchev–Trinajstić information content (AvgIpc) is 3.85. The van der Waals surface area contributed by atoms with E-state index >= 15 is 0 Å². The summed E-state index contributed by atoms with van der Waals surface area (Å²) < 4.78 is 14.3. The van der Waals surface area contributed by atoms with E-state index in [-0.39, 0.29) is 41.7 Å². The molecule has 10 nitrogen and oxygen atoms in total. The molecule has 17 unspecified atom stereocenters. The molecule has 4 aliphatic carbocycles. The Morgan fingerprint density at radius 3 is 1.23 bits per heavy atom. The van der Waals surface area contributed by atoms with Gasteiger partial charge < -0.3 is 0 Å². The van der Waals surface area contributed by atoms with Gasteiger partial charge in [0.1, 0.15) is 5.82 Å². The quantitative estimate of drug-likeness (QED) is 0.209. The molecule has 6 heterocycles. The summed E-state index contributed by atoms with van der Waals surface area (Å²) in [6, 6.07) is 0. The number of halogens is 2. The monoisotopic (exact) mass is 682 g/mol. The second-order valence-corrected chi connectivity index (χ2v) is 17.5. The van der Waals surface area contributed by atoms with Gasteiger partial charge in [-0.3, -0.25) is 42.5 Å². The second-order valence-electron chi connectivity index (χ2n) is 17.1. The Morgan fingerprint density at radius 2 is 0.833 bits per heavy atom. The average molecular weight is 683 g/mol. The predicted molar refractivity (Wildman–Crippen MR) is 182 cm³/mol. The standard InChI is InChI=1S/C36H56ClFN10/c37-27-25(38)16-39-28(40-27)23-14-7-15-24-26(23)36-47-34-22-13-6-5-12-21(22)32(45-34)43-30-18-9-2-1-8-17(18)29(41-30)42-31-19-10-3-4-11-20(19)33(44-31)46-35(24)48-36/h16-24,26,29-36,41-48H,1-15H2. The van der Waals surface area contributed by atoms with Crippen LogP contribution >= 0.6 is 11.6 Å². The van der Waals surface area contributed by atoms with Crippen molar-refractivity contribution in [3.8, 4) is 0 Å². The van der Waals surface area contributed by atoms with Crippen LogP contribution in [0.3, 0.4) is 0 Å². The molecule has 8 bridgehead atoms. The van der Waals surface area contributed by atoms with Crippen LogP contribution in [0.15, 0.2) is 6.20 Å². The molecule has 9 aliphatic rings. The first-order valence-electron chi connectivity index (χ1n) is 19.9. The minimum Gasteiger partial charge on any atom is -0.286 e. The van der Waals surface area contributed by atoms with Crippen molar-refractivity contribution in [2.75, 3.05) is 0 Å². The lowest BCUT2D eigenvalue weighted by atomic mass is 9.71. The van der Waals surface area contributed by atoms with E-state index in [1.54, 1.807) is 0 Å². The van der Waals surface area contributed by atoms with Crippen LogP contribution in [-0.4, -0.2) is 59.3 Å². The van der Waals surface area contributed by atoms with E-state index in [9.17, 15) is 4.39 Å². The molecule has 48 heavy (non-hydrogen) atoms. The van der Waals surface area contributed by atoms with Crippen LogP contribution < -0.4 is 42.5 Å². The topological polar surface area (TPSA) is 122 Å². The fourth-order valence-corrected chi connectivity index (χ4v) is 13.0. The Bertz CT molecular complexity index is 1340. The van der Waals surface area contributed by atoms with Crippen molar-refractivity contribution in [1.29, 1.82) is 0 Å². The fourth-order valence-electron chi connectivity index (χ4n) is 12.9. The summed E-state index contributed by atoms with van der Waals surface area (Å²) in [5.74, 6) is 4.80. The first-order valence-corrected chi connectivity index (χ1v) is 20.2. The lowest BCUT2D eigenvalue weighted by Gasteiger charge is -2.39. The predicted octanol–water partition coefficient (Wildman–Crippen LogP) is 3.58. The van der Waals surface area contributed by atoms with E-state index in [2.05, 4.69) is 52.5 Å². The summed E-state index contributed by atoms with van der Waals surface area (Å²) in [7, 11) is 0. The van der Waals surface area contributed by atoms with E-state index in [0.717, 1.165) is 19.3 Å². The third-order valence-electron chi connectivity index (χ3n) is 14.9. The van der Waals surface area contributed by atoms with Crippen LogP contribution in [0.5, 0.6) is 0 Å². The lowest BCUT2D eigenvalue weighted by molar-refractivity contribution is 0.152. The van der Waals surface area contributed by atoms with Gasteiger partial charge in [-0.1, -0.05) is 56.5 Å². The fraction of sp³-hybridized carbons (Fsp3) is 0.889. The molecular formula is C36H56ClFN10.